The van der Waals surface area contributed by atoms with Gasteiger partial charge in [-0.1, -0.05) is 56.6 Å². The first-order valence-electron chi connectivity index (χ1n) is 15.4. The van der Waals surface area contributed by atoms with Crippen molar-refractivity contribution in [1.29, 1.82) is 0 Å². The lowest BCUT2D eigenvalue weighted by molar-refractivity contribution is -0.141. The Balaban J connectivity index is 1.28. The van der Waals surface area contributed by atoms with Gasteiger partial charge in [0, 0.05) is 23.2 Å². The molecule has 8 heteroatoms. The highest BCUT2D eigenvalue weighted by Gasteiger charge is 2.72. The molecule has 1 aromatic carbocycles. The summed E-state index contributed by atoms with van der Waals surface area (Å²) in [4.78, 5) is 45.0. The monoisotopic (exact) mass is 577 g/mol. The number of anilines is 1. The summed E-state index contributed by atoms with van der Waals surface area (Å²) >= 11 is 1.61. The molecule has 6 rings (SSSR count). The fraction of sp³-hybridized carbons (Fsp3) is 0.606. The van der Waals surface area contributed by atoms with Gasteiger partial charge in [0.1, 0.15) is 11.6 Å². The summed E-state index contributed by atoms with van der Waals surface area (Å²) in [5.41, 5.74) is 0.930. The third kappa shape index (κ3) is 5.16. The molecule has 1 aromatic rings. The lowest BCUT2D eigenvalue weighted by Crippen LogP contribution is -2.58. The highest BCUT2D eigenvalue weighted by molar-refractivity contribution is 7.98. The van der Waals surface area contributed by atoms with Crippen LogP contribution in [0.2, 0.25) is 0 Å². The van der Waals surface area contributed by atoms with Gasteiger partial charge in [-0.15, -0.1) is 11.8 Å². The number of hydrogen-bond acceptors (Lipinski definition) is 5. The van der Waals surface area contributed by atoms with Crippen LogP contribution < -0.4 is 10.6 Å². The van der Waals surface area contributed by atoms with Crippen LogP contribution in [0.15, 0.2) is 53.0 Å². The van der Waals surface area contributed by atoms with E-state index in [-0.39, 0.29) is 23.8 Å². The van der Waals surface area contributed by atoms with E-state index in [0.29, 0.717) is 24.1 Å². The Morgan fingerprint density at radius 1 is 1.15 bits per heavy atom. The van der Waals surface area contributed by atoms with E-state index in [1.807, 2.05) is 42.7 Å². The zero-order valence-corrected chi connectivity index (χ0v) is 25.3. The van der Waals surface area contributed by atoms with E-state index in [9.17, 15) is 14.4 Å². The van der Waals surface area contributed by atoms with Gasteiger partial charge in [-0.2, -0.15) is 0 Å². The molecular weight excluding hydrogens is 534 g/mol. The topological polar surface area (TPSA) is 87.7 Å². The van der Waals surface area contributed by atoms with Crippen molar-refractivity contribution < 1.29 is 19.1 Å². The molecule has 8 atom stereocenters. The molecule has 2 aliphatic carbocycles. The molecule has 0 aromatic heterocycles. The Hall–Kier alpha value is -2.58. The third-order valence-electron chi connectivity index (χ3n) is 10.4. The van der Waals surface area contributed by atoms with Crippen molar-refractivity contribution in [3.8, 4) is 0 Å². The highest BCUT2D eigenvalue weighted by Crippen LogP contribution is 2.55. The van der Waals surface area contributed by atoms with Gasteiger partial charge in [0.2, 0.25) is 17.7 Å². The summed E-state index contributed by atoms with van der Waals surface area (Å²) in [6, 6.07) is 7.00. The van der Waals surface area contributed by atoms with Crippen molar-refractivity contribution in [2.24, 2.45) is 23.7 Å². The molecule has 1 spiro atoms. The van der Waals surface area contributed by atoms with Crippen LogP contribution >= 0.6 is 11.8 Å². The number of nitrogens with zero attached hydrogens (tertiary/aromatic N) is 1. The summed E-state index contributed by atoms with van der Waals surface area (Å²) in [7, 11) is 0. The summed E-state index contributed by atoms with van der Waals surface area (Å²) < 4.78 is 6.55. The molecule has 8 unspecified atom stereocenters. The first-order chi connectivity index (χ1) is 19.8. The van der Waals surface area contributed by atoms with Crippen LogP contribution in [0.1, 0.15) is 65.2 Å². The number of allylic oxidation sites excluding steroid dienone is 1. The minimum absolute atomic E-state index is 0.0742. The maximum absolute atomic E-state index is 14.3. The summed E-state index contributed by atoms with van der Waals surface area (Å²) in [6.07, 6.45) is 16.0. The number of fused-ring (bicyclic) bond motifs is 1. The Morgan fingerprint density at radius 2 is 2.00 bits per heavy atom. The molecule has 2 N–H and O–H groups in total. The van der Waals surface area contributed by atoms with E-state index in [0.717, 1.165) is 37.0 Å². The van der Waals surface area contributed by atoms with Gasteiger partial charge < -0.3 is 20.3 Å². The van der Waals surface area contributed by atoms with Crippen LogP contribution in [0.3, 0.4) is 0 Å². The number of rotatable bonds is 8. The Bertz CT molecular complexity index is 1260. The normalized spacial score (nSPS) is 35.8. The highest BCUT2D eigenvalue weighted by atomic mass is 32.2. The van der Waals surface area contributed by atoms with Crippen molar-refractivity contribution in [3.05, 3.63) is 48.1 Å². The quantitative estimate of drug-likeness (QED) is 0.322. The van der Waals surface area contributed by atoms with E-state index in [1.54, 1.807) is 16.7 Å². The van der Waals surface area contributed by atoms with Crippen molar-refractivity contribution in [2.45, 2.75) is 93.9 Å². The summed E-state index contributed by atoms with van der Waals surface area (Å²) in [5.74, 6) is -1.03. The van der Waals surface area contributed by atoms with Crippen molar-refractivity contribution >= 4 is 35.2 Å². The number of benzene rings is 1. The number of ether oxygens (including phenoxy) is 1. The van der Waals surface area contributed by atoms with E-state index in [4.69, 9.17) is 4.74 Å². The second kappa shape index (κ2) is 11.6. The van der Waals surface area contributed by atoms with Crippen LogP contribution in [0, 0.1) is 23.7 Å². The number of nitrogens with one attached hydrogen (secondary N) is 2. The molecule has 3 amide bonds. The molecule has 2 saturated heterocycles. The fourth-order valence-electron chi connectivity index (χ4n) is 7.88. The predicted molar refractivity (Wildman–Crippen MR) is 161 cm³/mol. The lowest BCUT2D eigenvalue weighted by atomic mass is 9.73. The minimum atomic E-state index is -1.13. The van der Waals surface area contributed by atoms with Crippen LogP contribution in [0.5, 0.6) is 0 Å². The van der Waals surface area contributed by atoms with Crippen LogP contribution in [0.25, 0.3) is 0 Å². The van der Waals surface area contributed by atoms with Gasteiger partial charge in [0.05, 0.1) is 17.9 Å². The number of carbonyl (C=O) groups is 3. The SMILES string of the molecule is CSc1cccc(NC(=O)C2C3C=CC4(O3)C2C(=O)N(CCC2=CCCCC2)C4C(=O)NC2CCCC(C)C2C)c1. The maximum atomic E-state index is 14.3. The standard InChI is InChI=1S/C33H43N3O4S/c1-20-9-7-14-25(21(20)2)35-31(38)29-33-17-15-26(40-33)27(30(37)34-23-12-8-13-24(19-23)41-3)28(33)32(39)36(29)18-16-22-10-5-4-6-11-22/h8,10,12-13,15,17,19-21,25-29H,4-7,9,11,14,16,18H2,1-3H3,(H,34,37)(H,35,38). The Kier molecular flexibility index (Phi) is 8.07. The molecule has 3 fully saturated rings. The summed E-state index contributed by atoms with van der Waals surface area (Å²) in [5, 5.41) is 6.40. The molecule has 220 valence electrons. The van der Waals surface area contributed by atoms with Gasteiger partial charge in [-0.25, -0.2) is 0 Å². The van der Waals surface area contributed by atoms with E-state index in [2.05, 4.69) is 30.6 Å². The molecule has 3 heterocycles. The van der Waals surface area contributed by atoms with Gasteiger partial charge in [0.15, 0.2) is 0 Å². The van der Waals surface area contributed by atoms with Crippen LogP contribution in [0.4, 0.5) is 5.69 Å². The number of thioether (sulfide) groups is 1. The molecule has 7 nitrogen and oxygen atoms in total. The average Bonchev–Trinajstić information content (AvgIpc) is 3.62. The third-order valence-corrected chi connectivity index (χ3v) is 11.1. The zero-order valence-electron chi connectivity index (χ0n) is 24.4. The first-order valence-corrected chi connectivity index (χ1v) is 16.7. The Labute approximate surface area is 247 Å². The van der Waals surface area contributed by atoms with Crippen molar-refractivity contribution in [3.63, 3.8) is 0 Å². The fourth-order valence-corrected chi connectivity index (χ4v) is 8.34. The lowest BCUT2D eigenvalue weighted by Gasteiger charge is -2.38. The van der Waals surface area contributed by atoms with Gasteiger partial charge in [-0.3, -0.25) is 14.4 Å². The maximum Gasteiger partial charge on any atom is 0.246 e. The largest absolute Gasteiger partial charge is 0.359 e. The van der Waals surface area contributed by atoms with E-state index in [1.165, 1.54) is 24.8 Å². The molecule has 0 radical (unpaired) electrons. The second-order valence-corrected chi connectivity index (χ2v) is 13.6. The minimum Gasteiger partial charge on any atom is -0.359 e. The number of likely N-dealkylation sites (tertiary alicyclic amines) is 1. The Morgan fingerprint density at radius 3 is 2.78 bits per heavy atom. The van der Waals surface area contributed by atoms with E-state index < -0.39 is 29.6 Å². The molecule has 41 heavy (non-hydrogen) atoms. The molecule has 5 aliphatic rings. The second-order valence-electron chi connectivity index (χ2n) is 12.7. The average molecular weight is 578 g/mol. The van der Waals surface area contributed by atoms with Gasteiger partial charge in [-0.05, 0) is 74.8 Å². The smallest absolute Gasteiger partial charge is 0.246 e. The zero-order chi connectivity index (χ0) is 28.7. The number of carbonyl (C=O) groups excluding carboxylic acids is 3. The predicted octanol–water partition coefficient (Wildman–Crippen LogP) is 5.33. The molecular formula is C33H43N3O4S. The molecule has 3 aliphatic heterocycles. The van der Waals surface area contributed by atoms with Gasteiger partial charge >= 0.3 is 0 Å². The van der Waals surface area contributed by atoms with Crippen molar-refractivity contribution in [2.75, 3.05) is 18.1 Å². The van der Waals surface area contributed by atoms with Crippen LogP contribution in [-0.2, 0) is 19.1 Å². The van der Waals surface area contributed by atoms with Crippen LogP contribution in [-0.4, -0.2) is 59.2 Å². The van der Waals surface area contributed by atoms with E-state index >= 15 is 0 Å². The number of hydrogen-bond donors (Lipinski definition) is 2. The first kappa shape index (κ1) is 28.5. The van der Waals surface area contributed by atoms with Gasteiger partial charge in [0.25, 0.3) is 0 Å². The summed E-state index contributed by atoms with van der Waals surface area (Å²) in [6.45, 7) is 4.93. The molecule has 2 bridgehead atoms. The molecule has 1 saturated carbocycles. The van der Waals surface area contributed by atoms with Crippen molar-refractivity contribution in [1.82, 2.24) is 10.2 Å². The number of amides is 3.